The molecule has 0 saturated carbocycles. The predicted molar refractivity (Wildman–Crippen MR) is 78.7 cm³/mol. The normalized spacial score (nSPS) is 10.2. The van der Waals surface area contributed by atoms with E-state index in [0.717, 1.165) is 18.7 Å². The average Bonchev–Trinajstić information content (AvgIpc) is 2.33. The number of carbonyl (C=O) groups excluding carboxylic acids is 1. The zero-order valence-corrected chi connectivity index (χ0v) is 12.4. The van der Waals surface area contributed by atoms with Crippen LogP contribution in [0, 0.1) is 6.92 Å². The summed E-state index contributed by atoms with van der Waals surface area (Å²) in [6, 6.07) is 5.50. The lowest BCUT2D eigenvalue weighted by Gasteiger charge is -2.04. The molecule has 0 aliphatic heterocycles. The SMILES string of the molecule is Cc1cccc(C(=O)NCCCCCCI)n1. The molecule has 0 aliphatic carbocycles. The Morgan fingerprint density at radius 2 is 2.06 bits per heavy atom. The highest BCUT2D eigenvalue weighted by Gasteiger charge is 2.05. The fraction of sp³-hybridized carbons (Fsp3) is 0.538. The minimum atomic E-state index is -0.0670. The molecule has 0 fully saturated rings. The monoisotopic (exact) mass is 346 g/mol. The molecule has 3 nitrogen and oxygen atoms in total. The summed E-state index contributed by atoms with van der Waals surface area (Å²) >= 11 is 2.39. The maximum Gasteiger partial charge on any atom is 0.269 e. The Kier molecular flexibility index (Phi) is 7.16. The van der Waals surface area contributed by atoms with Crippen molar-refractivity contribution < 1.29 is 4.79 Å². The molecule has 1 amide bonds. The molecule has 0 radical (unpaired) electrons. The van der Waals surface area contributed by atoms with Gasteiger partial charge < -0.3 is 5.32 Å². The molecule has 1 heterocycles. The number of nitrogens with zero attached hydrogens (tertiary/aromatic N) is 1. The summed E-state index contributed by atoms with van der Waals surface area (Å²) < 4.78 is 1.22. The van der Waals surface area contributed by atoms with Gasteiger partial charge in [0, 0.05) is 12.2 Å². The standard InChI is InChI=1S/C13H19IN2O/c1-11-7-6-8-12(16-11)13(17)15-10-5-3-2-4-9-14/h6-8H,2-5,9-10H2,1H3,(H,15,17). The molecule has 1 N–H and O–H groups in total. The van der Waals surface area contributed by atoms with Crippen molar-refractivity contribution >= 4 is 28.5 Å². The van der Waals surface area contributed by atoms with Crippen LogP contribution in [0.25, 0.3) is 0 Å². The van der Waals surface area contributed by atoms with Gasteiger partial charge in [-0.05, 0) is 36.3 Å². The molecule has 4 heteroatoms. The number of hydrogen-bond donors (Lipinski definition) is 1. The van der Waals surface area contributed by atoms with Crippen LogP contribution in [0.4, 0.5) is 0 Å². The van der Waals surface area contributed by atoms with Gasteiger partial charge in [0.25, 0.3) is 5.91 Å². The van der Waals surface area contributed by atoms with E-state index < -0.39 is 0 Å². The Bertz CT molecular complexity index is 355. The van der Waals surface area contributed by atoms with E-state index in [0.29, 0.717) is 5.69 Å². The van der Waals surface area contributed by atoms with Crippen LogP contribution >= 0.6 is 22.6 Å². The summed E-state index contributed by atoms with van der Waals surface area (Å²) in [4.78, 5) is 15.9. The number of aromatic nitrogens is 1. The number of nitrogens with one attached hydrogen (secondary N) is 1. The summed E-state index contributed by atoms with van der Waals surface area (Å²) in [5.41, 5.74) is 1.39. The summed E-state index contributed by atoms with van der Waals surface area (Å²) in [5, 5.41) is 2.90. The third kappa shape index (κ3) is 6.00. The number of rotatable bonds is 7. The molecule has 1 aromatic heterocycles. The quantitative estimate of drug-likeness (QED) is 0.468. The minimum absolute atomic E-state index is 0.0670. The average molecular weight is 346 g/mol. The lowest BCUT2D eigenvalue weighted by molar-refractivity contribution is 0.0948. The molecule has 0 saturated heterocycles. The van der Waals surface area contributed by atoms with Crippen molar-refractivity contribution in [1.82, 2.24) is 10.3 Å². The van der Waals surface area contributed by atoms with Gasteiger partial charge in [0.15, 0.2) is 0 Å². The van der Waals surface area contributed by atoms with Crippen LogP contribution in [0.5, 0.6) is 0 Å². The van der Waals surface area contributed by atoms with E-state index >= 15 is 0 Å². The number of aryl methyl sites for hydroxylation is 1. The largest absolute Gasteiger partial charge is 0.351 e. The zero-order chi connectivity index (χ0) is 12.5. The highest BCUT2D eigenvalue weighted by atomic mass is 127. The minimum Gasteiger partial charge on any atom is -0.351 e. The summed E-state index contributed by atoms with van der Waals surface area (Å²) in [5.74, 6) is -0.0670. The Balaban J connectivity index is 2.21. The molecule has 0 spiro atoms. The summed E-state index contributed by atoms with van der Waals surface area (Å²) in [6.45, 7) is 2.64. The van der Waals surface area contributed by atoms with Crippen molar-refractivity contribution in [3.05, 3.63) is 29.6 Å². The lowest BCUT2D eigenvalue weighted by Crippen LogP contribution is -2.25. The first-order valence-corrected chi connectivity index (χ1v) is 7.54. The maximum atomic E-state index is 11.7. The number of unbranched alkanes of at least 4 members (excludes halogenated alkanes) is 3. The van der Waals surface area contributed by atoms with Crippen LogP contribution in [0.3, 0.4) is 0 Å². The molecule has 0 bridgehead atoms. The van der Waals surface area contributed by atoms with Crippen LogP contribution in [0.1, 0.15) is 41.9 Å². The van der Waals surface area contributed by atoms with Crippen molar-refractivity contribution in [2.24, 2.45) is 0 Å². The fourth-order valence-corrected chi connectivity index (χ4v) is 2.07. The second-order valence-corrected chi connectivity index (χ2v) is 5.10. The van der Waals surface area contributed by atoms with Gasteiger partial charge in [0.1, 0.15) is 5.69 Å². The smallest absolute Gasteiger partial charge is 0.269 e. The second kappa shape index (κ2) is 8.44. The van der Waals surface area contributed by atoms with Crippen LogP contribution in [0.15, 0.2) is 18.2 Å². The Morgan fingerprint density at radius 3 is 2.76 bits per heavy atom. The van der Waals surface area contributed by atoms with Gasteiger partial charge >= 0.3 is 0 Å². The Hall–Kier alpha value is -0.650. The van der Waals surface area contributed by atoms with Gasteiger partial charge in [-0.15, -0.1) is 0 Å². The van der Waals surface area contributed by atoms with Crippen molar-refractivity contribution in [1.29, 1.82) is 0 Å². The van der Waals surface area contributed by atoms with E-state index in [1.54, 1.807) is 6.07 Å². The molecule has 94 valence electrons. The van der Waals surface area contributed by atoms with Gasteiger partial charge in [-0.2, -0.15) is 0 Å². The molecule has 17 heavy (non-hydrogen) atoms. The van der Waals surface area contributed by atoms with Crippen molar-refractivity contribution in [2.75, 3.05) is 11.0 Å². The van der Waals surface area contributed by atoms with Crippen molar-refractivity contribution in [2.45, 2.75) is 32.6 Å². The summed E-state index contributed by atoms with van der Waals surface area (Å²) in [6.07, 6.45) is 4.76. The number of halogens is 1. The van der Waals surface area contributed by atoms with E-state index in [9.17, 15) is 4.79 Å². The highest BCUT2D eigenvalue weighted by Crippen LogP contribution is 2.02. The topological polar surface area (TPSA) is 42.0 Å². The Labute approximate surface area is 117 Å². The van der Waals surface area contributed by atoms with E-state index in [1.807, 2.05) is 19.1 Å². The number of hydrogen-bond acceptors (Lipinski definition) is 2. The van der Waals surface area contributed by atoms with Crippen LogP contribution in [-0.4, -0.2) is 21.9 Å². The first-order valence-electron chi connectivity index (χ1n) is 6.02. The van der Waals surface area contributed by atoms with Crippen LogP contribution in [-0.2, 0) is 0 Å². The van der Waals surface area contributed by atoms with E-state index in [1.165, 1.54) is 23.7 Å². The molecule has 1 rings (SSSR count). The fourth-order valence-electron chi connectivity index (χ4n) is 1.54. The molecular formula is C13H19IN2O. The predicted octanol–water partition coefficient (Wildman–Crippen LogP) is 3.12. The molecule has 1 aromatic rings. The van der Waals surface area contributed by atoms with E-state index in [4.69, 9.17) is 0 Å². The Morgan fingerprint density at radius 1 is 1.29 bits per heavy atom. The number of pyridine rings is 1. The maximum absolute atomic E-state index is 11.7. The van der Waals surface area contributed by atoms with Crippen molar-refractivity contribution in [3.63, 3.8) is 0 Å². The first kappa shape index (κ1) is 14.4. The lowest BCUT2D eigenvalue weighted by atomic mass is 10.2. The van der Waals surface area contributed by atoms with Gasteiger partial charge in [0.05, 0.1) is 0 Å². The number of amides is 1. The molecular weight excluding hydrogens is 327 g/mol. The molecule has 0 atom stereocenters. The zero-order valence-electron chi connectivity index (χ0n) is 10.2. The van der Waals surface area contributed by atoms with Crippen molar-refractivity contribution in [3.8, 4) is 0 Å². The van der Waals surface area contributed by atoms with Gasteiger partial charge in [-0.3, -0.25) is 4.79 Å². The molecule has 0 aliphatic rings. The first-order chi connectivity index (χ1) is 8.24. The third-order valence-electron chi connectivity index (χ3n) is 2.47. The number of carbonyl (C=O) groups is 1. The van der Waals surface area contributed by atoms with Gasteiger partial charge in [0.2, 0.25) is 0 Å². The van der Waals surface area contributed by atoms with E-state index in [2.05, 4.69) is 32.9 Å². The summed E-state index contributed by atoms with van der Waals surface area (Å²) in [7, 11) is 0. The molecule has 0 unspecified atom stereocenters. The third-order valence-corrected chi connectivity index (χ3v) is 3.23. The van der Waals surface area contributed by atoms with Crippen LogP contribution in [0.2, 0.25) is 0 Å². The highest BCUT2D eigenvalue weighted by molar-refractivity contribution is 14.1. The second-order valence-electron chi connectivity index (χ2n) is 4.02. The van der Waals surface area contributed by atoms with Crippen LogP contribution < -0.4 is 5.32 Å². The van der Waals surface area contributed by atoms with Gasteiger partial charge in [-0.1, -0.05) is 41.5 Å². The van der Waals surface area contributed by atoms with Gasteiger partial charge in [-0.25, -0.2) is 4.98 Å². The number of alkyl halides is 1. The van der Waals surface area contributed by atoms with E-state index in [-0.39, 0.29) is 5.91 Å². The molecule has 0 aromatic carbocycles.